The quantitative estimate of drug-likeness (QED) is 0.0456. The van der Waals surface area contributed by atoms with Crippen LogP contribution in [0.15, 0.2) is 116 Å². The maximum Gasteiger partial charge on any atom is 0.119 e. The smallest absolute Gasteiger partial charge is 0.119 e. The lowest BCUT2D eigenvalue weighted by molar-refractivity contribution is -0.0167. The van der Waals surface area contributed by atoms with E-state index in [1.807, 2.05) is 73.3 Å². The molecule has 0 radical (unpaired) electrons. The molecular weight excluding hydrogens is 735 g/mol. The number of ether oxygens (including phenoxy) is 2. The van der Waals surface area contributed by atoms with Crippen LogP contribution in [0.1, 0.15) is 99.6 Å². The molecule has 0 saturated carbocycles. The van der Waals surface area contributed by atoms with E-state index in [-0.39, 0.29) is 6.10 Å². The van der Waals surface area contributed by atoms with Gasteiger partial charge in [0, 0.05) is 70.6 Å². The fourth-order valence-corrected chi connectivity index (χ4v) is 7.23. The normalized spacial score (nSPS) is 12.7. The number of hydrogen-bond donors (Lipinski definition) is 2. The summed E-state index contributed by atoms with van der Waals surface area (Å²) in [6.07, 6.45) is 14.6. The highest BCUT2D eigenvalue weighted by atomic mass is 16.5. The van der Waals surface area contributed by atoms with Crippen LogP contribution in [-0.4, -0.2) is 73.4 Å². The summed E-state index contributed by atoms with van der Waals surface area (Å²) in [5, 5.41) is 14.0. The molecule has 0 spiro atoms. The maximum atomic E-state index is 10.6. The predicted octanol–water partition coefficient (Wildman–Crippen LogP) is 8.79. The zero-order valence-corrected chi connectivity index (χ0v) is 35.7. The van der Waals surface area contributed by atoms with E-state index in [0.29, 0.717) is 64.9 Å². The summed E-state index contributed by atoms with van der Waals surface area (Å²) >= 11 is 0. The maximum absolute atomic E-state index is 10.6. The van der Waals surface area contributed by atoms with Crippen LogP contribution in [-0.2, 0) is 44.0 Å². The summed E-state index contributed by atoms with van der Waals surface area (Å²) in [6, 6.07) is 30.9. The van der Waals surface area contributed by atoms with Crippen molar-refractivity contribution < 1.29 is 14.6 Å². The van der Waals surface area contributed by atoms with Gasteiger partial charge in [-0.3, -0.25) is 29.7 Å². The van der Waals surface area contributed by atoms with Gasteiger partial charge in [-0.05, 0) is 110 Å². The molecular formula is C49H67N7O3. The van der Waals surface area contributed by atoms with Crippen LogP contribution in [0.25, 0.3) is 0 Å². The molecule has 0 amide bonds. The molecule has 2 atom stereocenters. The van der Waals surface area contributed by atoms with Crippen molar-refractivity contribution in [3.05, 3.63) is 150 Å². The molecule has 2 unspecified atom stereocenters. The summed E-state index contributed by atoms with van der Waals surface area (Å²) in [7, 11) is 0. The van der Waals surface area contributed by atoms with E-state index in [9.17, 15) is 5.11 Å². The third-order valence-electron chi connectivity index (χ3n) is 10.1. The Morgan fingerprint density at radius 2 is 1.12 bits per heavy atom. The minimum atomic E-state index is -0.512. The van der Waals surface area contributed by atoms with Crippen LogP contribution in [0.4, 0.5) is 0 Å². The molecule has 10 nitrogen and oxygen atoms in total. The largest absolute Gasteiger partial charge is 0.494 e. The highest BCUT2D eigenvalue weighted by molar-refractivity contribution is 5.35. The first-order chi connectivity index (χ1) is 28.9. The highest BCUT2D eigenvalue weighted by Crippen LogP contribution is 2.23. The van der Waals surface area contributed by atoms with E-state index in [4.69, 9.17) is 9.47 Å². The fourth-order valence-electron chi connectivity index (χ4n) is 7.23. The van der Waals surface area contributed by atoms with Gasteiger partial charge >= 0.3 is 0 Å². The number of nitrogens with one attached hydrogen (secondary N) is 1. The van der Waals surface area contributed by atoms with Crippen LogP contribution in [0.3, 0.4) is 0 Å². The first kappa shape index (κ1) is 45.5. The number of nitrogens with zero attached hydrogens (tertiary/aromatic N) is 6. The Balaban J connectivity index is 1.22. The zero-order chi connectivity index (χ0) is 41.3. The molecule has 0 aliphatic carbocycles. The molecule has 0 aliphatic heterocycles. The molecule has 316 valence electrons. The summed E-state index contributed by atoms with van der Waals surface area (Å²) in [5.74, 6) is 1.57. The molecule has 5 rings (SSSR count). The van der Waals surface area contributed by atoms with Crippen molar-refractivity contribution in [2.45, 2.75) is 117 Å². The standard InChI is InChI=1S/C49H67N7O3/c1-4-16-48(22-15-17-40(2)3)59-39-47(57)32-50-23-13-14-28-58-49-30-41(33-55(35-43-18-5-9-24-51-43)36-44-19-6-10-25-52-44)29-42(31-49)34-56(37-45-20-7-11-26-53-45)38-46-21-8-12-27-54-46/h5-12,18-21,24-27,29-31,40,47-48,50,57H,4,13-17,22-23,28,32-39H2,1-3H3. The third-order valence-corrected chi connectivity index (χ3v) is 10.1. The van der Waals surface area contributed by atoms with E-state index in [0.717, 1.165) is 67.2 Å². The number of aliphatic hydroxyl groups is 1. The van der Waals surface area contributed by atoms with E-state index < -0.39 is 6.10 Å². The van der Waals surface area contributed by atoms with Crippen LogP contribution in [0, 0.1) is 5.92 Å². The van der Waals surface area contributed by atoms with E-state index in [1.54, 1.807) is 0 Å². The van der Waals surface area contributed by atoms with Gasteiger partial charge in [-0.15, -0.1) is 0 Å². The van der Waals surface area contributed by atoms with Gasteiger partial charge in [0.1, 0.15) is 5.75 Å². The van der Waals surface area contributed by atoms with E-state index >= 15 is 0 Å². The van der Waals surface area contributed by atoms with Crippen LogP contribution in [0.2, 0.25) is 0 Å². The molecule has 0 fully saturated rings. The number of unbranched alkanes of at least 4 members (excludes halogenated alkanes) is 1. The number of rotatable bonds is 29. The molecule has 10 heteroatoms. The number of aromatic nitrogens is 4. The predicted molar refractivity (Wildman–Crippen MR) is 236 cm³/mol. The Labute approximate surface area is 353 Å². The zero-order valence-electron chi connectivity index (χ0n) is 35.7. The van der Waals surface area contributed by atoms with Crippen molar-refractivity contribution in [3.8, 4) is 5.75 Å². The van der Waals surface area contributed by atoms with Gasteiger partial charge < -0.3 is 19.9 Å². The molecule has 0 saturated heterocycles. The Bertz CT molecular complexity index is 1630. The Kier molecular flexibility index (Phi) is 20.4. The van der Waals surface area contributed by atoms with Gasteiger partial charge in [-0.25, -0.2) is 0 Å². The fraction of sp³-hybridized carbons (Fsp3) is 0.469. The third kappa shape index (κ3) is 18.5. The average molecular weight is 802 g/mol. The molecule has 0 bridgehead atoms. The molecule has 1 aromatic carbocycles. The molecule has 5 aromatic rings. The average Bonchev–Trinajstić information content (AvgIpc) is 3.23. The first-order valence-electron chi connectivity index (χ1n) is 21.7. The molecule has 4 heterocycles. The second kappa shape index (κ2) is 26.5. The van der Waals surface area contributed by atoms with Gasteiger partial charge in [-0.2, -0.15) is 0 Å². The van der Waals surface area contributed by atoms with Gasteiger partial charge in [0.25, 0.3) is 0 Å². The second-order valence-corrected chi connectivity index (χ2v) is 16.0. The SMILES string of the molecule is CCCC(CCCC(C)C)OCC(O)CNCCCCOc1cc(CN(Cc2ccccn2)Cc2ccccn2)cc(CN(Cc2ccccn2)Cc2ccccn2)c1. The monoisotopic (exact) mass is 802 g/mol. The minimum Gasteiger partial charge on any atom is -0.494 e. The lowest BCUT2D eigenvalue weighted by Gasteiger charge is -2.25. The van der Waals surface area contributed by atoms with E-state index in [2.05, 4.69) is 98.3 Å². The van der Waals surface area contributed by atoms with Crippen molar-refractivity contribution >= 4 is 0 Å². The van der Waals surface area contributed by atoms with Crippen LogP contribution >= 0.6 is 0 Å². The van der Waals surface area contributed by atoms with Gasteiger partial charge in [0.15, 0.2) is 0 Å². The first-order valence-corrected chi connectivity index (χ1v) is 21.7. The molecule has 4 aromatic heterocycles. The Morgan fingerprint density at radius 1 is 0.610 bits per heavy atom. The number of pyridine rings is 4. The number of hydrogen-bond acceptors (Lipinski definition) is 10. The summed E-state index contributed by atoms with van der Waals surface area (Å²) in [4.78, 5) is 23.3. The minimum absolute atomic E-state index is 0.235. The topological polar surface area (TPSA) is 109 Å². The Hall–Kier alpha value is -4.58. The van der Waals surface area contributed by atoms with Crippen molar-refractivity contribution in [2.24, 2.45) is 5.92 Å². The van der Waals surface area contributed by atoms with Gasteiger partial charge in [0.05, 0.1) is 48.2 Å². The molecule has 0 aliphatic rings. The van der Waals surface area contributed by atoms with Crippen molar-refractivity contribution in [1.29, 1.82) is 0 Å². The van der Waals surface area contributed by atoms with Crippen molar-refractivity contribution in [2.75, 3.05) is 26.3 Å². The molecule has 59 heavy (non-hydrogen) atoms. The summed E-state index contributed by atoms with van der Waals surface area (Å²) in [5.41, 5.74) is 6.38. The van der Waals surface area contributed by atoms with Crippen LogP contribution < -0.4 is 10.1 Å². The van der Waals surface area contributed by atoms with Gasteiger partial charge in [0.2, 0.25) is 0 Å². The summed E-state index contributed by atoms with van der Waals surface area (Å²) < 4.78 is 12.6. The van der Waals surface area contributed by atoms with Gasteiger partial charge in [-0.1, -0.05) is 70.4 Å². The Morgan fingerprint density at radius 3 is 1.56 bits per heavy atom. The van der Waals surface area contributed by atoms with E-state index in [1.165, 1.54) is 24.0 Å². The van der Waals surface area contributed by atoms with Crippen LogP contribution in [0.5, 0.6) is 5.75 Å². The van der Waals surface area contributed by atoms with Crippen molar-refractivity contribution in [1.82, 2.24) is 35.1 Å². The highest BCUT2D eigenvalue weighted by Gasteiger charge is 2.16. The summed E-state index contributed by atoms with van der Waals surface area (Å²) in [6.45, 7) is 13.2. The lowest BCUT2D eigenvalue weighted by atomic mass is 10.0. The number of benzene rings is 1. The van der Waals surface area contributed by atoms with Crippen molar-refractivity contribution in [3.63, 3.8) is 0 Å². The second-order valence-electron chi connectivity index (χ2n) is 16.0. The number of aliphatic hydroxyl groups excluding tert-OH is 1. The molecule has 2 N–H and O–H groups in total. The lowest BCUT2D eigenvalue weighted by Crippen LogP contribution is -2.32.